The molecular weight excluding hydrogens is 229 g/mol. The van der Waals surface area contributed by atoms with Gasteiger partial charge in [-0.25, -0.2) is 4.39 Å². The number of rotatable bonds is 6. The van der Waals surface area contributed by atoms with Gasteiger partial charge in [-0.2, -0.15) is 0 Å². The minimum atomic E-state index is -0.294. The second-order valence-electron chi connectivity index (χ2n) is 5.16. The van der Waals surface area contributed by atoms with Crippen molar-refractivity contribution in [2.24, 2.45) is 5.92 Å². The van der Waals surface area contributed by atoms with Gasteiger partial charge < -0.3 is 10.1 Å². The lowest BCUT2D eigenvalue weighted by molar-refractivity contribution is 0.286. The van der Waals surface area contributed by atoms with E-state index in [0.717, 1.165) is 11.6 Å². The van der Waals surface area contributed by atoms with Crippen LogP contribution in [0.5, 0.6) is 5.75 Å². The Hall–Kier alpha value is -1.25. The summed E-state index contributed by atoms with van der Waals surface area (Å²) in [6.45, 7) is 4.50. The van der Waals surface area contributed by atoms with Crippen LogP contribution in [-0.2, 0) is 0 Å². The number of ether oxygens (including phenoxy) is 1. The second-order valence-corrected chi connectivity index (χ2v) is 5.16. The number of hydrogen-bond donors (Lipinski definition) is 1. The normalized spacial score (nSPS) is 17.1. The monoisotopic (exact) mass is 251 g/mol. The van der Waals surface area contributed by atoms with Gasteiger partial charge in [-0.1, -0.05) is 19.3 Å². The standard InChI is InChI=1S/C15H22FNO/c1-3-18-15-8-7-13(10-14(15)16)17-11(2)9-12-5-4-6-12/h7-8,10-12,17H,3-6,9H2,1-2H3. The van der Waals surface area contributed by atoms with Crippen LogP contribution in [0, 0.1) is 11.7 Å². The SMILES string of the molecule is CCOc1ccc(NC(C)CC2CCC2)cc1F. The van der Waals surface area contributed by atoms with Crippen molar-refractivity contribution in [3.05, 3.63) is 24.0 Å². The molecule has 0 heterocycles. The molecule has 1 N–H and O–H groups in total. The molecule has 0 aliphatic heterocycles. The van der Waals surface area contributed by atoms with E-state index in [2.05, 4.69) is 12.2 Å². The Kier molecular flexibility index (Phi) is 4.45. The van der Waals surface area contributed by atoms with E-state index in [-0.39, 0.29) is 5.82 Å². The third-order valence-corrected chi connectivity index (χ3v) is 3.56. The predicted octanol–water partition coefficient (Wildman–Crippen LogP) is 4.22. The Labute approximate surface area is 109 Å². The van der Waals surface area contributed by atoms with E-state index in [4.69, 9.17) is 4.74 Å². The van der Waals surface area contributed by atoms with E-state index in [9.17, 15) is 4.39 Å². The molecule has 1 aliphatic rings. The molecule has 1 fully saturated rings. The molecule has 0 aromatic heterocycles. The molecule has 3 heteroatoms. The Morgan fingerprint density at radius 1 is 1.44 bits per heavy atom. The molecular formula is C15H22FNO. The molecule has 18 heavy (non-hydrogen) atoms. The van der Waals surface area contributed by atoms with Gasteiger partial charge in [0.05, 0.1) is 6.61 Å². The Bertz CT molecular complexity index is 390. The quantitative estimate of drug-likeness (QED) is 0.817. The maximum Gasteiger partial charge on any atom is 0.167 e. The number of benzene rings is 1. The molecule has 0 radical (unpaired) electrons. The smallest absolute Gasteiger partial charge is 0.167 e. The maximum atomic E-state index is 13.7. The Morgan fingerprint density at radius 3 is 2.78 bits per heavy atom. The van der Waals surface area contributed by atoms with E-state index >= 15 is 0 Å². The van der Waals surface area contributed by atoms with Gasteiger partial charge >= 0.3 is 0 Å². The molecule has 0 saturated heterocycles. The van der Waals surface area contributed by atoms with Crippen LogP contribution < -0.4 is 10.1 Å². The number of anilines is 1. The number of nitrogens with one attached hydrogen (secondary N) is 1. The predicted molar refractivity (Wildman–Crippen MR) is 72.6 cm³/mol. The summed E-state index contributed by atoms with van der Waals surface area (Å²) in [4.78, 5) is 0. The van der Waals surface area contributed by atoms with Crippen molar-refractivity contribution >= 4 is 5.69 Å². The Morgan fingerprint density at radius 2 is 2.22 bits per heavy atom. The van der Waals surface area contributed by atoms with E-state index in [0.29, 0.717) is 18.4 Å². The fourth-order valence-corrected chi connectivity index (χ4v) is 2.44. The molecule has 100 valence electrons. The second kappa shape index (κ2) is 6.07. The molecule has 0 spiro atoms. The largest absolute Gasteiger partial charge is 0.491 e. The fourth-order valence-electron chi connectivity index (χ4n) is 2.44. The van der Waals surface area contributed by atoms with Crippen LogP contribution in [0.15, 0.2) is 18.2 Å². The zero-order valence-corrected chi connectivity index (χ0v) is 11.2. The summed E-state index contributed by atoms with van der Waals surface area (Å²) < 4.78 is 18.8. The minimum Gasteiger partial charge on any atom is -0.491 e. The lowest BCUT2D eigenvalue weighted by Crippen LogP contribution is -2.23. The average molecular weight is 251 g/mol. The molecule has 1 unspecified atom stereocenters. The molecule has 1 atom stereocenters. The van der Waals surface area contributed by atoms with Crippen LogP contribution in [0.1, 0.15) is 39.5 Å². The summed E-state index contributed by atoms with van der Waals surface area (Å²) in [6.07, 6.45) is 5.25. The highest BCUT2D eigenvalue weighted by Gasteiger charge is 2.19. The molecule has 1 saturated carbocycles. The maximum absolute atomic E-state index is 13.7. The fraction of sp³-hybridized carbons (Fsp3) is 0.600. The van der Waals surface area contributed by atoms with Crippen molar-refractivity contribution < 1.29 is 9.13 Å². The highest BCUT2D eigenvalue weighted by Crippen LogP contribution is 2.31. The first-order chi connectivity index (χ1) is 8.69. The lowest BCUT2D eigenvalue weighted by Gasteiger charge is -2.29. The van der Waals surface area contributed by atoms with Crippen LogP contribution >= 0.6 is 0 Å². The summed E-state index contributed by atoms with van der Waals surface area (Å²) in [5, 5.41) is 3.36. The molecule has 0 amide bonds. The van der Waals surface area contributed by atoms with Gasteiger partial charge in [0.1, 0.15) is 0 Å². The summed E-state index contributed by atoms with van der Waals surface area (Å²) in [6, 6.07) is 5.48. The molecule has 1 aromatic carbocycles. The molecule has 2 rings (SSSR count). The third kappa shape index (κ3) is 3.37. The van der Waals surface area contributed by atoms with Gasteiger partial charge in [0.15, 0.2) is 11.6 Å². The zero-order valence-electron chi connectivity index (χ0n) is 11.2. The number of halogens is 1. The first-order valence-corrected chi connectivity index (χ1v) is 6.88. The topological polar surface area (TPSA) is 21.3 Å². The minimum absolute atomic E-state index is 0.294. The third-order valence-electron chi connectivity index (χ3n) is 3.56. The van der Waals surface area contributed by atoms with Crippen molar-refractivity contribution in [2.75, 3.05) is 11.9 Å². The van der Waals surface area contributed by atoms with Crippen molar-refractivity contribution in [1.29, 1.82) is 0 Å². The van der Waals surface area contributed by atoms with E-state index in [1.54, 1.807) is 6.07 Å². The van der Waals surface area contributed by atoms with Gasteiger partial charge in [0.25, 0.3) is 0 Å². The van der Waals surface area contributed by atoms with Crippen molar-refractivity contribution in [1.82, 2.24) is 0 Å². The zero-order chi connectivity index (χ0) is 13.0. The van der Waals surface area contributed by atoms with Gasteiger partial charge in [-0.15, -0.1) is 0 Å². The summed E-state index contributed by atoms with van der Waals surface area (Å²) in [7, 11) is 0. The van der Waals surface area contributed by atoms with Crippen molar-refractivity contribution in [3.8, 4) is 5.75 Å². The van der Waals surface area contributed by atoms with Crippen molar-refractivity contribution in [2.45, 2.75) is 45.6 Å². The Balaban J connectivity index is 1.89. The molecule has 1 aromatic rings. The average Bonchev–Trinajstić information content (AvgIpc) is 2.28. The molecule has 2 nitrogen and oxygen atoms in total. The van der Waals surface area contributed by atoms with Crippen LogP contribution in [0.25, 0.3) is 0 Å². The van der Waals surface area contributed by atoms with Crippen LogP contribution in [0.3, 0.4) is 0 Å². The highest BCUT2D eigenvalue weighted by molar-refractivity contribution is 5.47. The van der Waals surface area contributed by atoms with Gasteiger partial charge in [-0.05, 0) is 38.3 Å². The van der Waals surface area contributed by atoms with E-state index < -0.39 is 0 Å². The highest BCUT2D eigenvalue weighted by atomic mass is 19.1. The molecule has 1 aliphatic carbocycles. The van der Waals surface area contributed by atoms with Gasteiger partial charge in [0, 0.05) is 17.8 Å². The summed E-state index contributed by atoms with van der Waals surface area (Å²) in [5.41, 5.74) is 0.836. The van der Waals surface area contributed by atoms with Crippen LogP contribution in [0.4, 0.5) is 10.1 Å². The van der Waals surface area contributed by atoms with Gasteiger partial charge in [-0.3, -0.25) is 0 Å². The summed E-state index contributed by atoms with van der Waals surface area (Å²) in [5.74, 6) is 0.896. The van der Waals surface area contributed by atoms with Crippen LogP contribution in [0.2, 0.25) is 0 Å². The lowest BCUT2D eigenvalue weighted by atomic mass is 9.81. The first-order valence-electron chi connectivity index (χ1n) is 6.88. The van der Waals surface area contributed by atoms with E-state index in [1.165, 1.54) is 31.7 Å². The van der Waals surface area contributed by atoms with Gasteiger partial charge in [0.2, 0.25) is 0 Å². The van der Waals surface area contributed by atoms with Crippen LogP contribution in [-0.4, -0.2) is 12.6 Å². The molecule has 0 bridgehead atoms. The number of hydrogen-bond acceptors (Lipinski definition) is 2. The van der Waals surface area contributed by atoms with Crippen molar-refractivity contribution in [3.63, 3.8) is 0 Å². The summed E-state index contributed by atoms with van der Waals surface area (Å²) >= 11 is 0. The van der Waals surface area contributed by atoms with E-state index in [1.807, 2.05) is 13.0 Å². The first kappa shape index (κ1) is 13.2.